The molecule has 0 saturated carbocycles. The molecule has 1 fully saturated rings. The van der Waals surface area contributed by atoms with Crippen molar-refractivity contribution in [3.63, 3.8) is 0 Å². The third-order valence-corrected chi connectivity index (χ3v) is 5.66. The average Bonchev–Trinajstić information content (AvgIpc) is 3.48. The fourth-order valence-corrected chi connectivity index (χ4v) is 3.70. The number of hydrogen-bond donors (Lipinski definition) is 1. The fourth-order valence-electron chi connectivity index (χ4n) is 3.57. The molecule has 12 nitrogen and oxygen atoms in total. The summed E-state index contributed by atoms with van der Waals surface area (Å²) in [6.45, 7) is -0.233. The van der Waals surface area contributed by atoms with Crippen molar-refractivity contribution in [1.29, 1.82) is 0 Å². The molecule has 1 aliphatic heterocycles. The van der Waals surface area contributed by atoms with E-state index in [1.807, 2.05) is 0 Å². The zero-order valence-corrected chi connectivity index (χ0v) is 20.8. The number of benzene rings is 2. The molecule has 0 aliphatic carbocycles. The first kappa shape index (κ1) is 26.2. The van der Waals surface area contributed by atoms with E-state index in [1.165, 1.54) is 44.6 Å². The van der Waals surface area contributed by atoms with Crippen LogP contribution in [-0.4, -0.2) is 42.0 Å². The van der Waals surface area contributed by atoms with Gasteiger partial charge in [0.15, 0.2) is 5.75 Å². The van der Waals surface area contributed by atoms with Crippen LogP contribution in [0.1, 0.15) is 27.4 Å². The van der Waals surface area contributed by atoms with Crippen molar-refractivity contribution >= 4 is 41.3 Å². The van der Waals surface area contributed by atoms with Crippen molar-refractivity contribution in [3.8, 4) is 11.5 Å². The number of ether oxygens (including phenoxy) is 3. The van der Waals surface area contributed by atoms with Crippen molar-refractivity contribution in [2.45, 2.75) is 13.2 Å². The Bertz CT molecular complexity index is 1450. The average molecular weight is 542 g/mol. The van der Waals surface area contributed by atoms with Gasteiger partial charge in [0.05, 0.1) is 25.7 Å². The lowest BCUT2D eigenvalue weighted by Crippen LogP contribution is -2.30. The molecule has 1 N–H and O–H groups in total. The summed E-state index contributed by atoms with van der Waals surface area (Å²) in [4.78, 5) is 48.9. The number of amides is 3. The van der Waals surface area contributed by atoms with Gasteiger partial charge < -0.3 is 23.9 Å². The zero-order chi connectivity index (χ0) is 27.4. The molecule has 1 aliphatic rings. The molecule has 196 valence electrons. The molecule has 3 aromatic rings. The monoisotopic (exact) mass is 541 g/mol. The first-order chi connectivity index (χ1) is 18.2. The number of nitrogens with one attached hydrogen (secondary N) is 1. The highest BCUT2D eigenvalue weighted by Crippen LogP contribution is 2.39. The topological polar surface area (TPSA) is 150 Å². The Labute approximate surface area is 220 Å². The van der Waals surface area contributed by atoms with Crippen LogP contribution < -0.4 is 14.8 Å². The number of hydrogen-bond acceptors (Lipinski definition) is 9. The number of esters is 1. The van der Waals surface area contributed by atoms with Gasteiger partial charge in [-0.05, 0) is 47.5 Å². The van der Waals surface area contributed by atoms with E-state index < -0.39 is 28.5 Å². The van der Waals surface area contributed by atoms with Gasteiger partial charge in [0.1, 0.15) is 18.1 Å². The summed E-state index contributed by atoms with van der Waals surface area (Å²) in [5, 5.41) is 14.8. The van der Waals surface area contributed by atoms with Crippen molar-refractivity contribution in [3.05, 3.63) is 92.0 Å². The van der Waals surface area contributed by atoms with E-state index in [9.17, 15) is 24.5 Å². The summed E-state index contributed by atoms with van der Waals surface area (Å²) in [5.74, 6) is -1.35. The number of halogens is 1. The summed E-state index contributed by atoms with van der Waals surface area (Å²) in [5.41, 5.74) is 0.418. The van der Waals surface area contributed by atoms with Crippen molar-refractivity contribution < 1.29 is 37.9 Å². The number of furan rings is 1. The molecule has 0 radical (unpaired) electrons. The molecule has 2 aromatic carbocycles. The molecule has 13 heteroatoms. The minimum Gasteiger partial charge on any atom is -0.493 e. The summed E-state index contributed by atoms with van der Waals surface area (Å²) in [6, 6.07) is 11.5. The van der Waals surface area contributed by atoms with Gasteiger partial charge in [-0.1, -0.05) is 23.7 Å². The quantitative estimate of drug-likeness (QED) is 0.137. The van der Waals surface area contributed by atoms with Gasteiger partial charge in [-0.15, -0.1) is 0 Å². The number of rotatable bonds is 9. The first-order valence-corrected chi connectivity index (χ1v) is 11.3. The Morgan fingerprint density at radius 3 is 2.55 bits per heavy atom. The van der Waals surface area contributed by atoms with Crippen LogP contribution in [0, 0.1) is 10.1 Å². The predicted molar refractivity (Wildman–Crippen MR) is 133 cm³/mol. The number of carbonyl (C=O) groups excluding carboxylic acids is 3. The van der Waals surface area contributed by atoms with E-state index in [2.05, 4.69) is 10.1 Å². The Hall–Kier alpha value is -4.84. The number of urea groups is 1. The highest BCUT2D eigenvalue weighted by atomic mass is 35.5. The van der Waals surface area contributed by atoms with Crippen molar-refractivity contribution in [1.82, 2.24) is 10.2 Å². The molecular formula is C25H20ClN3O9. The van der Waals surface area contributed by atoms with Crippen molar-refractivity contribution in [2.75, 3.05) is 14.2 Å². The van der Waals surface area contributed by atoms with Gasteiger partial charge in [-0.2, -0.15) is 0 Å². The lowest BCUT2D eigenvalue weighted by atomic mass is 10.1. The van der Waals surface area contributed by atoms with Gasteiger partial charge in [-0.3, -0.25) is 19.8 Å². The van der Waals surface area contributed by atoms with Crippen LogP contribution >= 0.6 is 11.6 Å². The van der Waals surface area contributed by atoms with E-state index in [-0.39, 0.29) is 47.4 Å². The lowest BCUT2D eigenvalue weighted by molar-refractivity contribution is -0.386. The van der Waals surface area contributed by atoms with E-state index in [4.69, 9.17) is 25.5 Å². The second kappa shape index (κ2) is 11.0. The van der Waals surface area contributed by atoms with Crippen LogP contribution in [0.15, 0.2) is 58.6 Å². The van der Waals surface area contributed by atoms with Crippen LogP contribution in [0.2, 0.25) is 5.02 Å². The van der Waals surface area contributed by atoms with Gasteiger partial charge in [0, 0.05) is 11.1 Å². The molecule has 0 spiro atoms. The fraction of sp³-hybridized carbons (Fsp3) is 0.160. The number of methoxy groups -OCH3 is 2. The van der Waals surface area contributed by atoms with Gasteiger partial charge in [0.2, 0.25) is 11.5 Å². The Kier molecular flexibility index (Phi) is 7.63. The third kappa shape index (κ3) is 5.60. The summed E-state index contributed by atoms with van der Waals surface area (Å²) in [7, 11) is 2.51. The Morgan fingerprint density at radius 1 is 1.16 bits per heavy atom. The maximum atomic E-state index is 12.9. The van der Waals surface area contributed by atoms with Gasteiger partial charge >= 0.3 is 17.7 Å². The summed E-state index contributed by atoms with van der Waals surface area (Å²) >= 11 is 5.89. The minimum absolute atomic E-state index is 0.0166. The molecule has 2 heterocycles. The largest absolute Gasteiger partial charge is 0.493 e. The predicted octanol–water partition coefficient (Wildman–Crippen LogP) is 4.31. The Balaban J connectivity index is 1.57. The zero-order valence-electron chi connectivity index (χ0n) is 20.1. The van der Waals surface area contributed by atoms with Gasteiger partial charge in [0.25, 0.3) is 5.91 Å². The smallest absolute Gasteiger partial charge is 0.373 e. The SMILES string of the molecule is COC(=O)c1ccc(CN2C(=O)N/C(=C\c3cc(OC)c(OCc4ccc(Cl)cc4)c([N+](=O)[O-])c3)C2=O)o1. The summed E-state index contributed by atoms with van der Waals surface area (Å²) < 4.78 is 20.9. The number of nitro groups is 1. The third-order valence-electron chi connectivity index (χ3n) is 5.41. The Morgan fingerprint density at radius 2 is 1.89 bits per heavy atom. The van der Waals surface area contributed by atoms with Gasteiger partial charge in [-0.25, -0.2) is 9.59 Å². The second-order valence-electron chi connectivity index (χ2n) is 7.88. The van der Waals surface area contributed by atoms with E-state index in [1.54, 1.807) is 24.3 Å². The van der Waals surface area contributed by atoms with Crippen molar-refractivity contribution in [2.24, 2.45) is 0 Å². The second-order valence-corrected chi connectivity index (χ2v) is 8.32. The van der Waals surface area contributed by atoms with Crippen LogP contribution in [0.5, 0.6) is 11.5 Å². The molecule has 38 heavy (non-hydrogen) atoms. The maximum absolute atomic E-state index is 12.9. The van der Waals surface area contributed by atoms with E-state index >= 15 is 0 Å². The molecule has 0 bridgehead atoms. The number of nitrogens with zero attached hydrogens (tertiary/aromatic N) is 2. The molecule has 4 rings (SSSR count). The normalized spacial score (nSPS) is 14.0. The highest BCUT2D eigenvalue weighted by Gasteiger charge is 2.35. The highest BCUT2D eigenvalue weighted by molar-refractivity contribution is 6.30. The molecule has 1 aromatic heterocycles. The standard InChI is InChI=1S/C25H20ClN3O9/c1-35-21-11-15(10-19(29(33)34)22(21)37-13-14-3-5-16(26)6-4-14)9-18-23(30)28(25(32)27-18)12-17-7-8-20(38-17)24(31)36-2/h3-11H,12-13H2,1-2H3,(H,27,32)/b18-9-. The summed E-state index contributed by atoms with van der Waals surface area (Å²) in [6.07, 6.45) is 1.28. The first-order valence-electron chi connectivity index (χ1n) is 11.0. The number of imide groups is 1. The lowest BCUT2D eigenvalue weighted by Gasteiger charge is -2.12. The number of carbonyl (C=O) groups is 3. The van der Waals surface area contributed by atoms with Crippen LogP contribution in [0.4, 0.5) is 10.5 Å². The van der Waals surface area contributed by atoms with E-state index in [0.717, 1.165) is 10.5 Å². The molecule has 3 amide bonds. The maximum Gasteiger partial charge on any atom is 0.373 e. The van der Waals surface area contributed by atoms with Crippen LogP contribution in [-0.2, 0) is 22.7 Å². The van der Waals surface area contributed by atoms with Crippen LogP contribution in [0.25, 0.3) is 6.08 Å². The molecular weight excluding hydrogens is 522 g/mol. The number of nitro benzene ring substituents is 1. The molecule has 0 atom stereocenters. The molecule has 1 saturated heterocycles. The minimum atomic E-state index is -0.735. The van der Waals surface area contributed by atoms with Crippen LogP contribution in [0.3, 0.4) is 0 Å². The van der Waals surface area contributed by atoms with E-state index in [0.29, 0.717) is 5.02 Å². The molecule has 0 unspecified atom stereocenters.